The number of hydrogen-bond donors (Lipinski definition) is 0. The van der Waals surface area contributed by atoms with Gasteiger partial charge >= 0.3 is 6.16 Å². The number of carbonyl (C=O) groups is 1. The van der Waals surface area contributed by atoms with Crippen LogP contribution in [0.25, 0.3) is 0 Å². The van der Waals surface area contributed by atoms with Gasteiger partial charge in [-0.1, -0.05) is 6.92 Å². The first-order valence-electron chi connectivity index (χ1n) is 5.02. The summed E-state index contributed by atoms with van der Waals surface area (Å²) >= 11 is 0. The molecule has 1 aliphatic rings. The van der Waals surface area contributed by atoms with Crippen molar-refractivity contribution < 1.29 is 14.3 Å². The van der Waals surface area contributed by atoms with Crippen LogP contribution < -0.4 is 0 Å². The predicted molar refractivity (Wildman–Crippen MR) is 49.6 cm³/mol. The van der Waals surface area contributed by atoms with Crippen LogP contribution in [0.2, 0.25) is 0 Å². The molecule has 1 aliphatic carbocycles. The molecule has 3 heteroatoms. The van der Waals surface area contributed by atoms with Crippen molar-refractivity contribution in [1.29, 1.82) is 0 Å². The fourth-order valence-corrected chi connectivity index (χ4v) is 1.64. The molecule has 3 nitrogen and oxygen atoms in total. The molecule has 0 unspecified atom stereocenters. The van der Waals surface area contributed by atoms with Crippen molar-refractivity contribution in [3.8, 4) is 0 Å². The second-order valence-corrected chi connectivity index (χ2v) is 3.86. The Morgan fingerprint density at radius 3 is 2.54 bits per heavy atom. The van der Waals surface area contributed by atoms with Crippen molar-refractivity contribution in [3.63, 3.8) is 0 Å². The summed E-state index contributed by atoms with van der Waals surface area (Å²) in [5, 5.41) is 0. The van der Waals surface area contributed by atoms with Crippen LogP contribution in [0.3, 0.4) is 0 Å². The van der Waals surface area contributed by atoms with Crippen molar-refractivity contribution >= 4 is 6.16 Å². The third-order valence-corrected chi connectivity index (χ3v) is 2.42. The molecule has 0 radical (unpaired) electrons. The molecule has 0 aliphatic heterocycles. The zero-order chi connectivity index (χ0) is 9.73. The van der Waals surface area contributed by atoms with E-state index >= 15 is 0 Å². The van der Waals surface area contributed by atoms with Crippen LogP contribution in [0.4, 0.5) is 4.79 Å². The summed E-state index contributed by atoms with van der Waals surface area (Å²) in [6.45, 7) is 4.40. The van der Waals surface area contributed by atoms with Crippen LogP contribution in [0, 0.1) is 0 Å². The minimum atomic E-state index is -0.508. The van der Waals surface area contributed by atoms with Crippen LogP contribution in [0.15, 0.2) is 0 Å². The van der Waals surface area contributed by atoms with Gasteiger partial charge < -0.3 is 9.47 Å². The fourth-order valence-electron chi connectivity index (χ4n) is 1.64. The molecule has 0 aromatic carbocycles. The van der Waals surface area contributed by atoms with Gasteiger partial charge in [0.25, 0.3) is 0 Å². The lowest BCUT2D eigenvalue weighted by Crippen LogP contribution is -2.28. The van der Waals surface area contributed by atoms with Gasteiger partial charge in [0.15, 0.2) is 0 Å². The Kier molecular flexibility index (Phi) is 3.58. The maximum absolute atomic E-state index is 11.1. The molecule has 0 atom stereocenters. The van der Waals surface area contributed by atoms with Crippen molar-refractivity contribution in [3.05, 3.63) is 0 Å². The highest BCUT2D eigenvalue weighted by Crippen LogP contribution is 2.32. The Bertz CT molecular complexity index is 171. The minimum Gasteiger partial charge on any atom is -0.434 e. The quantitative estimate of drug-likeness (QED) is 0.636. The smallest absolute Gasteiger partial charge is 0.434 e. The SMILES string of the molecule is CCCOC(=O)OC1(C)CCCC1. The number of hydrogen-bond acceptors (Lipinski definition) is 3. The third-order valence-electron chi connectivity index (χ3n) is 2.42. The largest absolute Gasteiger partial charge is 0.508 e. The molecule has 0 spiro atoms. The van der Waals surface area contributed by atoms with Crippen LogP contribution in [0.1, 0.15) is 46.0 Å². The van der Waals surface area contributed by atoms with Gasteiger partial charge in [-0.3, -0.25) is 0 Å². The number of carbonyl (C=O) groups excluding carboxylic acids is 1. The van der Waals surface area contributed by atoms with Crippen LogP contribution in [0.5, 0.6) is 0 Å². The molecule has 0 aromatic rings. The number of ether oxygens (including phenoxy) is 2. The van der Waals surface area contributed by atoms with Gasteiger partial charge in [-0.25, -0.2) is 4.79 Å². The first-order chi connectivity index (χ1) is 6.16. The molecule has 1 saturated carbocycles. The van der Waals surface area contributed by atoms with E-state index in [0.717, 1.165) is 32.1 Å². The Labute approximate surface area is 79.4 Å². The lowest BCUT2D eigenvalue weighted by atomic mass is 10.1. The summed E-state index contributed by atoms with van der Waals surface area (Å²) in [4.78, 5) is 11.1. The summed E-state index contributed by atoms with van der Waals surface area (Å²) in [5.74, 6) is 0. The van der Waals surface area contributed by atoms with E-state index in [1.165, 1.54) is 0 Å². The summed E-state index contributed by atoms with van der Waals surface area (Å²) < 4.78 is 10.1. The average Bonchev–Trinajstić information content (AvgIpc) is 2.48. The molecule has 76 valence electrons. The van der Waals surface area contributed by atoms with Gasteiger partial charge in [-0.05, 0) is 39.0 Å². The topological polar surface area (TPSA) is 35.5 Å². The molecule has 0 N–H and O–H groups in total. The number of rotatable bonds is 3. The van der Waals surface area contributed by atoms with Crippen molar-refractivity contribution in [1.82, 2.24) is 0 Å². The molecular weight excluding hydrogens is 168 g/mol. The second kappa shape index (κ2) is 4.49. The van der Waals surface area contributed by atoms with Crippen molar-refractivity contribution in [2.75, 3.05) is 6.61 Å². The maximum Gasteiger partial charge on any atom is 0.508 e. The van der Waals surface area contributed by atoms with Gasteiger partial charge in [0.2, 0.25) is 0 Å². The average molecular weight is 186 g/mol. The molecule has 1 rings (SSSR count). The summed E-state index contributed by atoms with van der Waals surface area (Å²) in [6, 6.07) is 0. The van der Waals surface area contributed by atoms with Crippen molar-refractivity contribution in [2.24, 2.45) is 0 Å². The molecule has 0 saturated heterocycles. The highest BCUT2D eigenvalue weighted by atomic mass is 16.7. The molecule has 13 heavy (non-hydrogen) atoms. The van der Waals surface area contributed by atoms with E-state index in [2.05, 4.69) is 0 Å². The van der Waals surface area contributed by atoms with Crippen LogP contribution >= 0.6 is 0 Å². The standard InChI is InChI=1S/C10H18O3/c1-3-8-12-9(11)13-10(2)6-4-5-7-10/h3-8H2,1-2H3. The van der Waals surface area contributed by atoms with E-state index in [9.17, 15) is 4.79 Å². The van der Waals surface area contributed by atoms with Gasteiger partial charge in [-0.2, -0.15) is 0 Å². The molecule has 0 aromatic heterocycles. The highest BCUT2D eigenvalue weighted by Gasteiger charge is 2.33. The summed E-state index contributed by atoms with van der Waals surface area (Å²) in [6.07, 6.45) is 4.56. The Balaban J connectivity index is 2.26. The van der Waals surface area contributed by atoms with E-state index < -0.39 is 6.16 Å². The maximum atomic E-state index is 11.1. The zero-order valence-corrected chi connectivity index (χ0v) is 8.47. The van der Waals surface area contributed by atoms with E-state index in [4.69, 9.17) is 9.47 Å². The van der Waals surface area contributed by atoms with Gasteiger partial charge in [0, 0.05) is 0 Å². The lowest BCUT2D eigenvalue weighted by Gasteiger charge is -2.23. The Hall–Kier alpha value is -0.730. The molecule has 0 amide bonds. The first-order valence-corrected chi connectivity index (χ1v) is 5.02. The summed E-state index contributed by atoms with van der Waals surface area (Å²) in [7, 11) is 0. The van der Waals surface area contributed by atoms with E-state index in [-0.39, 0.29) is 5.60 Å². The first kappa shape index (κ1) is 10.4. The van der Waals surface area contributed by atoms with Crippen molar-refractivity contribution in [2.45, 2.75) is 51.6 Å². The van der Waals surface area contributed by atoms with E-state index in [0.29, 0.717) is 6.61 Å². The highest BCUT2D eigenvalue weighted by molar-refractivity contribution is 5.60. The molecule has 1 fully saturated rings. The van der Waals surface area contributed by atoms with Gasteiger partial charge in [0.1, 0.15) is 5.60 Å². The molecule has 0 bridgehead atoms. The monoisotopic (exact) mass is 186 g/mol. The zero-order valence-electron chi connectivity index (χ0n) is 8.47. The molecule has 0 heterocycles. The molecular formula is C10H18O3. The van der Waals surface area contributed by atoms with E-state index in [1.807, 2.05) is 13.8 Å². The normalized spacial score (nSPS) is 19.8. The third kappa shape index (κ3) is 3.25. The summed E-state index contributed by atoms with van der Waals surface area (Å²) in [5.41, 5.74) is -0.259. The van der Waals surface area contributed by atoms with Gasteiger partial charge in [-0.15, -0.1) is 0 Å². The van der Waals surface area contributed by atoms with E-state index in [1.54, 1.807) is 0 Å². The Morgan fingerprint density at radius 2 is 2.00 bits per heavy atom. The fraction of sp³-hybridized carbons (Fsp3) is 0.900. The van der Waals surface area contributed by atoms with Crippen LogP contribution in [-0.4, -0.2) is 18.4 Å². The lowest BCUT2D eigenvalue weighted by molar-refractivity contribution is -0.0221. The van der Waals surface area contributed by atoms with Crippen LogP contribution in [-0.2, 0) is 9.47 Å². The minimum absolute atomic E-state index is 0.259. The van der Waals surface area contributed by atoms with Gasteiger partial charge in [0.05, 0.1) is 6.61 Å². The second-order valence-electron chi connectivity index (χ2n) is 3.86. The predicted octanol–water partition coefficient (Wildman–Crippen LogP) is 2.88. The Morgan fingerprint density at radius 1 is 1.38 bits per heavy atom.